The zero-order chi connectivity index (χ0) is 19.4. The van der Waals surface area contributed by atoms with E-state index in [1.807, 2.05) is 24.8 Å². The molecule has 144 valence electrons. The Morgan fingerprint density at radius 2 is 1.89 bits per heavy atom. The summed E-state index contributed by atoms with van der Waals surface area (Å²) in [5.74, 6) is 0.703. The van der Waals surface area contributed by atoms with Crippen LogP contribution < -0.4 is 10.1 Å². The van der Waals surface area contributed by atoms with E-state index in [0.29, 0.717) is 18.0 Å². The van der Waals surface area contributed by atoms with E-state index in [2.05, 4.69) is 30.4 Å². The monoisotopic (exact) mass is 386 g/mol. The fourth-order valence-corrected chi connectivity index (χ4v) is 3.93. The lowest BCUT2D eigenvalue weighted by molar-refractivity contribution is -0.131. The summed E-state index contributed by atoms with van der Waals surface area (Å²) in [7, 11) is 0. The van der Waals surface area contributed by atoms with E-state index < -0.39 is 0 Å². The number of piperidine rings is 1. The van der Waals surface area contributed by atoms with Crippen molar-refractivity contribution >= 4 is 23.2 Å². The number of nitrogens with zero attached hydrogens (tertiary/aromatic N) is 1. The second kappa shape index (κ2) is 8.57. The maximum absolute atomic E-state index is 12.4. The van der Waals surface area contributed by atoms with Crippen molar-refractivity contribution in [2.45, 2.75) is 39.7 Å². The summed E-state index contributed by atoms with van der Waals surface area (Å²) in [4.78, 5) is 28.0. The lowest BCUT2D eigenvalue weighted by Gasteiger charge is -2.32. The Kier molecular flexibility index (Phi) is 6.16. The molecule has 0 aliphatic carbocycles. The second-order valence-electron chi connectivity index (χ2n) is 7.06. The number of carbonyl (C=O) groups excluding carboxylic acids is 2. The molecule has 2 amide bonds. The van der Waals surface area contributed by atoms with Crippen LogP contribution in [0.1, 0.15) is 38.5 Å². The molecule has 1 aromatic heterocycles. The van der Waals surface area contributed by atoms with Crippen molar-refractivity contribution in [2.75, 3.05) is 19.6 Å². The van der Waals surface area contributed by atoms with Crippen molar-refractivity contribution in [1.82, 2.24) is 10.2 Å². The molecule has 2 aromatic rings. The number of thiophene rings is 1. The Bertz CT molecular complexity index is 823. The predicted molar refractivity (Wildman–Crippen MR) is 108 cm³/mol. The van der Waals surface area contributed by atoms with Crippen molar-refractivity contribution in [2.24, 2.45) is 0 Å². The van der Waals surface area contributed by atoms with Gasteiger partial charge in [-0.2, -0.15) is 0 Å². The molecule has 0 atom stereocenters. The molecule has 0 saturated carbocycles. The molecule has 1 aliphatic heterocycles. The highest BCUT2D eigenvalue weighted by Crippen LogP contribution is 2.24. The summed E-state index contributed by atoms with van der Waals surface area (Å²) in [5.41, 5.74) is 2.31. The lowest BCUT2D eigenvalue weighted by Crippen LogP contribution is -2.46. The zero-order valence-electron chi connectivity index (χ0n) is 16.1. The summed E-state index contributed by atoms with van der Waals surface area (Å²) in [5, 5.41) is 2.72. The summed E-state index contributed by atoms with van der Waals surface area (Å²) in [6, 6.07) is 9.91. The minimum absolute atomic E-state index is 0.0400. The fourth-order valence-electron chi connectivity index (χ4n) is 3.15. The smallest absolute Gasteiger partial charge is 0.261 e. The van der Waals surface area contributed by atoms with Crippen molar-refractivity contribution < 1.29 is 14.3 Å². The average Bonchev–Trinajstić information content (AvgIpc) is 3.09. The number of carbonyl (C=O) groups is 2. The van der Waals surface area contributed by atoms with Crippen molar-refractivity contribution in [3.63, 3.8) is 0 Å². The minimum Gasteiger partial charge on any atom is -0.490 e. The van der Waals surface area contributed by atoms with Gasteiger partial charge in [-0.3, -0.25) is 9.59 Å². The standard InChI is InChI=1S/C21H26N2O3S/c1-14-4-5-15(2)18(12-14)26-17-8-10-23(11-9-17)20(24)13-22-21(25)19-7-6-16(3)27-19/h4-7,12,17H,8-11,13H2,1-3H3,(H,22,25). The van der Waals surface area contributed by atoms with Gasteiger partial charge in [0.1, 0.15) is 11.9 Å². The fraction of sp³-hybridized carbons (Fsp3) is 0.429. The van der Waals surface area contributed by atoms with E-state index in [0.717, 1.165) is 29.0 Å². The summed E-state index contributed by atoms with van der Waals surface area (Å²) in [6.07, 6.45) is 1.73. The number of rotatable bonds is 5. The quantitative estimate of drug-likeness (QED) is 0.856. The van der Waals surface area contributed by atoms with Gasteiger partial charge >= 0.3 is 0 Å². The van der Waals surface area contributed by atoms with Crippen LogP contribution in [0.3, 0.4) is 0 Å². The molecule has 1 aliphatic rings. The van der Waals surface area contributed by atoms with Gasteiger partial charge in [0, 0.05) is 30.8 Å². The highest BCUT2D eigenvalue weighted by molar-refractivity contribution is 7.13. The van der Waals surface area contributed by atoms with Crippen LogP contribution in [0.25, 0.3) is 0 Å². The van der Waals surface area contributed by atoms with Crippen molar-refractivity contribution in [3.05, 3.63) is 51.2 Å². The first kappa shape index (κ1) is 19.4. The number of likely N-dealkylation sites (tertiary alicyclic amines) is 1. The van der Waals surface area contributed by atoms with E-state index in [1.54, 1.807) is 6.07 Å². The third-order valence-electron chi connectivity index (χ3n) is 4.80. The number of nitrogens with one attached hydrogen (secondary N) is 1. The molecule has 5 nitrogen and oxygen atoms in total. The summed E-state index contributed by atoms with van der Waals surface area (Å²) < 4.78 is 6.15. The van der Waals surface area contributed by atoms with Gasteiger partial charge in [-0.25, -0.2) is 0 Å². The van der Waals surface area contributed by atoms with Crippen molar-refractivity contribution in [3.8, 4) is 5.75 Å². The van der Waals surface area contributed by atoms with Gasteiger partial charge in [0.15, 0.2) is 0 Å². The number of aryl methyl sites for hydroxylation is 3. The first-order valence-electron chi connectivity index (χ1n) is 9.28. The molecule has 1 N–H and O–H groups in total. The van der Waals surface area contributed by atoms with E-state index in [-0.39, 0.29) is 24.5 Å². The topological polar surface area (TPSA) is 58.6 Å². The number of benzene rings is 1. The van der Waals surface area contributed by atoms with Gasteiger partial charge in [0.2, 0.25) is 5.91 Å². The number of hydrogen-bond donors (Lipinski definition) is 1. The molecule has 3 rings (SSSR count). The van der Waals surface area contributed by atoms with E-state index >= 15 is 0 Å². The van der Waals surface area contributed by atoms with E-state index in [4.69, 9.17) is 4.74 Å². The van der Waals surface area contributed by atoms with E-state index in [1.165, 1.54) is 16.9 Å². The largest absolute Gasteiger partial charge is 0.490 e. The first-order valence-corrected chi connectivity index (χ1v) is 10.1. The van der Waals surface area contributed by atoms with Crippen LogP contribution in [0.2, 0.25) is 0 Å². The van der Waals surface area contributed by atoms with Crippen LogP contribution in [0.5, 0.6) is 5.75 Å². The van der Waals surface area contributed by atoms with Gasteiger partial charge in [-0.1, -0.05) is 12.1 Å². The third kappa shape index (κ3) is 5.10. The molecule has 0 unspecified atom stereocenters. The van der Waals surface area contributed by atoms with E-state index in [9.17, 15) is 9.59 Å². The average molecular weight is 387 g/mol. The predicted octanol–water partition coefficient (Wildman–Crippen LogP) is 3.47. The molecule has 0 radical (unpaired) electrons. The van der Waals surface area contributed by atoms with Crippen LogP contribution in [-0.4, -0.2) is 42.5 Å². The Hall–Kier alpha value is -2.34. The Morgan fingerprint density at radius 3 is 2.56 bits per heavy atom. The van der Waals surface area contributed by atoms with Crippen LogP contribution in [-0.2, 0) is 4.79 Å². The molecule has 1 fully saturated rings. The zero-order valence-corrected chi connectivity index (χ0v) is 16.9. The molecular formula is C21H26N2O3S. The molecule has 2 heterocycles. The minimum atomic E-state index is -0.186. The maximum Gasteiger partial charge on any atom is 0.261 e. The maximum atomic E-state index is 12.4. The number of amides is 2. The number of hydrogen-bond acceptors (Lipinski definition) is 4. The van der Waals surface area contributed by atoms with Crippen LogP contribution in [0.15, 0.2) is 30.3 Å². The van der Waals surface area contributed by atoms with Gasteiger partial charge in [-0.15, -0.1) is 11.3 Å². The lowest BCUT2D eigenvalue weighted by atomic mass is 10.1. The van der Waals surface area contributed by atoms with Crippen LogP contribution >= 0.6 is 11.3 Å². The molecule has 0 spiro atoms. The normalized spacial score (nSPS) is 14.9. The molecule has 1 aromatic carbocycles. The molecular weight excluding hydrogens is 360 g/mol. The molecule has 6 heteroatoms. The Labute approximate surface area is 164 Å². The highest BCUT2D eigenvalue weighted by atomic mass is 32.1. The molecule has 0 bridgehead atoms. The van der Waals surface area contributed by atoms with Crippen LogP contribution in [0, 0.1) is 20.8 Å². The first-order chi connectivity index (χ1) is 12.9. The summed E-state index contributed by atoms with van der Waals surface area (Å²) >= 11 is 1.43. The highest BCUT2D eigenvalue weighted by Gasteiger charge is 2.24. The van der Waals surface area contributed by atoms with Crippen LogP contribution in [0.4, 0.5) is 0 Å². The summed E-state index contributed by atoms with van der Waals surface area (Å²) in [6.45, 7) is 7.41. The van der Waals surface area contributed by atoms with Gasteiger partial charge in [0.05, 0.1) is 11.4 Å². The molecule has 27 heavy (non-hydrogen) atoms. The molecule has 1 saturated heterocycles. The Morgan fingerprint density at radius 1 is 1.15 bits per heavy atom. The van der Waals surface area contributed by atoms with Gasteiger partial charge in [-0.05, 0) is 50.1 Å². The van der Waals surface area contributed by atoms with Crippen molar-refractivity contribution in [1.29, 1.82) is 0 Å². The second-order valence-corrected chi connectivity index (χ2v) is 8.35. The Balaban J connectivity index is 1.45. The number of ether oxygens (including phenoxy) is 1. The van der Waals surface area contributed by atoms with Gasteiger partial charge in [0.25, 0.3) is 5.91 Å². The van der Waals surface area contributed by atoms with Gasteiger partial charge < -0.3 is 15.0 Å². The SMILES string of the molecule is Cc1ccc(C)c(OC2CCN(C(=O)CNC(=O)c3ccc(C)s3)CC2)c1. The third-order valence-corrected chi connectivity index (χ3v) is 5.80.